The number of benzene rings is 4. The molecule has 4 aromatic carbocycles. The Hall–Kier alpha value is -4.22. The second-order valence-electron chi connectivity index (χ2n) is 10.4. The Morgan fingerprint density at radius 1 is 0.844 bits per heavy atom. The van der Waals surface area contributed by atoms with E-state index in [0.29, 0.717) is 49.2 Å². The molecule has 9 nitrogen and oxygen atoms in total. The van der Waals surface area contributed by atoms with Crippen molar-refractivity contribution in [1.82, 2.24) is 14.5 Å². The number of amides is 2. The first-order chi connectivity index (χ1) is 21.8. The van der Waals surface area contributed by atoms with Crippen molar-refractivity contribution in [1.29, 1.82) is 0 Å². The number of ether oxygens (including phenoxy) is 2. The largest absolute Gasteiger partial charge is 0.484 e. The van der Waals surface area contributed by atoms with Crippen LogP contribution in [0.25, 0.3) is 0 Å². The number of carbonyl (C=O) groups excluding carboxylic acids is 2. The van der Waals surface area contributed by atoms with E-state index in [1.54, 1.807) is 24.3 Å². The number of sulfonamides is 1. The molecule has 0 unspecified atom stereocenters. The van der Waals surface area contributed by atoms with Gasteiger partial charge < -0.3 is 19.7 Å². The molecule has 5 rings (SSSR count). The van der Waals surface area contributed by atoms with Crippen molar-refractivity contribution in [3.8, 4) is 5.75 Å². The van der Waals surface area contributed by atoms with Gasteiger partial charge in [-0.15, -0.1) is 0 Å². The lowest BCUT2D eigenvalue weighted by Gasteiger charge is -2.31. The Balaban J connectivity index is 1.36. The van der Waals surface area contributed by atoms with Crippen molar-refractivity contribution in [3.05, 3.63) is 131 Å². The molecule has 0 radical (unpaired) electrons. The Bertz CT molecular complexity index is 1670. The summed E-state index contributed by atoms with van der Waals surface area (Å²) in [7, 11) is -3.67. The average Bonchev–Trinajstić information content (AvgIpc) is 3.08. The van der Waals surface area contributed by atoms with Crippen LogP contribution in [-0.2, 0) is 37.4 Å². The predicted octanol–water partition coefficient (Wildman–Crippen LogP) is 4.83. The van der Waals surface area contributed by atoms with Crippen LogP contribution in [0.5, 0.6) is 5.75 Å². The molecule has 234 valence electrons. The van der Waals surface area contributed by atoms with Crippen molar-refractivity contribution >= 4 is 33.4 Å². The van der Waals surface area contributed by atoms with Gasteiger partial charge in [-0.05, 0) is 53.1 Å². The van der Waals surface area contributed by atoms with E-state index in [0.717, 1.165) is 11.1 Å². The fourth-order valence-electron chi connectivity index (χ4n) is 4.97. The van der Waals surface area contributed by atoms with Gasteiger partial charge in [-0.25, -0.2) is 8.42 Å². The van der Waals surface area contributed by atoms with Gasteiger partial charge in [-0.2, -0.15) is 4.31 Å². The van der Waals surface area contributed by atoms with Crippen LogP contribution in [0.1, 0.15) is 22.7 Å². The number of halogens is 1. The zero-order valence-corrected chi connectivity index (χ0v) is 26.1. The van der Waals surface area contributed by atoms with E-state index in [-0.39, 0.29) is 24.0 Å². The third-order valence-corrected chi connectivity index (χ3v) is 9.53. The summed E-state index contributed by atoms with van der Waals surface area (Å²) in [4.78, 5) is 29.3. The molecular weight excluding hydrogens is 614 g/mol. The maximum absolute atomic E-state index is 13.9. The van der Waals surface area contributed by atoms with Crippen molar-refractivity contribution in [2.45, 2.75) is 24.0 Å². The number of rotatable bonds is 12. The van der Waals surface area contributed by atoms with E-state index in [1.807, 2.05) is 60.7 Å². The highest BCUT2D eigenvalue weighted by Crippen LogP contribution is 2.26. The number of nitrogens with zero attached hydrogens (tertiary/aromatic N) is 2. The summed E-state index contributed by atoms with van der Waals surface area (Å²) in [5.74, 6) is -0.454. The number of morpholine rings is 1. The minimum atomic E-state index is -3.67. The lowest BCUT2D eigenvalue weighted by atomic mass is 10.0. The average molecular weight is 648 g/mol. The monoisotopic (exact) mass is 647 g/mol. The molecule has 45 heavy (non-hydrogen) atoms. The summed E-state index contributed by atoms with van der Waals surface area (Å²) in [6.45, 7) is 1.32. The minimum Gasteiger partial charge on any atom is -0.484 e. The molecule has 0 spiro atoms. The first-order valence-electron chi connectivity index (χ1n) is 14.5. The summed E-state index contributed by atoms with van der Waals surface area (Å²) in [5.41, 5.74) is 2.35. The van der Waals surface area contributed by atoms with E-state index < -0.39 is 22.0 Å². The number of hydrogen-bond acceptors (Lipinski definition) is 6. The normalized spacial score (nSPS) is 14.3. The molecule has 0 bridgehead atoms. The van der Waals surface area contributed by atoms with Gasteiger partial charge in [0.2, 0.25) is 15.9 Å². The molecule has 4 aromatic rings. The Kier molecular flexibility index (Phi) is 10.9. The van der Waals surface area contributed by atoms with E-state index in [4.69, 9.17) is 21.1 Å². The first-order valence-corrected chi connectivity index (χ1v) is 16.3. The summed E-state index contributed by atoms with van der Waals surface area (Å²) in [6, 6.07) is 30.7. The molecule has 0 saturated carbocycles. The second-order valence-corrected chi connectivity index (χ2v) is 12.8. The third-order valence-electron chi connectivity index (χ3n) is 7.37. The smallest absolute Gasteiger partial charge is 0.261 e. The lowest BCUT2D eigenvalue weighted by Crippen LogP contribution is -2.45. The molecule has 1 heterocycles. The molecule has 1 fully saturated rings. The fraction of sp³-hybridized carbons (Fsp3) is 0.235. The summed E-state index contributed by atoms with van der Waals surface area (Å²) >= 11 is 6.11. The lowest BCUT2D eigenvalue weighted by molar-refractivity contribution is -0.143. The van der Waals surface area contributed by atoms with Gasteiger partial charge in [0.25, 0.3) is 5.91 Å². The molecule has 1 saturated heterocycles. The minimum absolute atomic E-state index is 0.119. The molecule has 1 aliphatic rings. The standard InChI is InChI=1S/C34H34ClN3O6S/c35-29-13-11-27(12-14-29)24-38(33(28-9-5-2-6-10-28)34(40)36-23-26-7-3-1-4-8-26)32(39)25-44-30-15-17-31(18-16-30)45(41,42)37-19-21-43-22-20-37/h1-18,33H,19-25H2,(H,36,40)/t33-/m1/s1. The van der Waals surface area contributed by atoms with Gasteiger partial charge in [0.05, 0.1) is 18.1 Å². The number of nitrogens with one attached hydrogen (secondary N) is 1. The summed E-state index contributed by atoms with van der Waals surface area (Å²) in [5, 5.41) is 3.54. The topological polar surface area (TPSA) is 105 Å². The molecule has 0 aromatic heterocycles. The SMILES string of the molecule is O=C(NCc1ccccc1)[C@@H](c1ccccc1)N(Cc1ccc(Cl)cc1)C(=O)COc1ccc(S(=O)(=O)N2CCOCC2)cc1. The van der Waals surface area contributed by atoms with Gasteiger partial charge >= 0.3 is 0 Å². The molecule has 1 aliphatic heterocycles. The van der Waals surface area contributed by atoms with Crippen LogP contribution in [0, 0.1) is 0 Å². The van der Waals surface area contributed by atoms with E-state index in [1.165, 1.54) is 33.5 Å². The van der Waals surface area contributed by atoms with Crippen molar-refractivity contribution in [2.24, 2.45) is 0 Å². The number of carbonyl (C=O) groups is 2. The van der Waals surface area contributed by atoms with Crippen LogP contribution in [0.4, 0.5) is 0 Å². The molecular formula is C34H34ClN3O6S. The quantitative estimate of drug-likeness (QED) is 0.236. The summed E-state index contributed by atoms with van der Waals surface area (Å²) in [6.07, 6.45) is 0. The second kappa shape index (κ2) is 15.2. The van der Waals surface area contributed by atoms with Crippen LogP contribution in [0.2, 0.25) is 5.02 Å². The molecule has 11 heteroatoms. The Morgan fingerprint density at radius 3 is 2.11 bits per heavy atom. The highest BCUT2D eigenvalue weighted by atomic mass is 35.5. The van der Waals surface area contributed by atoms with Gasteiger partial charge in [0.15, 0.2) is 6.61 Å². The zero-order chi connectivity index (χ0) is 31.6. The summed E-state index contributed by atoms with van der Waals surface area (Å²) < 4.78 is 38.5. The predicted molar refractivity (Wildman–Crippen MR) is 171 cm³/mol. The van der Waals surface area contributed by atoms with Crippen molar-refractivity contribution < 1.29 is 27.5 Å². The zero-order valence-electron chi connectivity index (χ0n) is 24.5. The van der Waals surface area contributed by atoms with Crippen LogP contribution in [0.3, 0.4) is 0 Å². The van der Waals surface area contributed by atoms with Crippen LogP contribution < -0.4 is 10.1 Å². The fourth-order valence-corrected chi connectivity index (χ4v) is 6.51. The van der Waals surface area contributed by atoms with E-state index in [9.17, 15) is 18.0 Å². The first kappa shape index (κ1) is 32.2. The molecule has 1 N–H and O–H groups in total. The van der Waals surface area contributed by atoms with Crippen LogP contribution >= 0.6 is 11.6 Å². The van der Waals surface area contributed by atoms with Gasteiger partial charge in [-0.3, -0.25) is 9.59 Å². The Labute approximate surface area is 268 Å². The molecule has 1 atom stereocenters. The van der Waals surface area contributed by atoms with Crippen molar-refractivity contribution in [3.63, 3.8) is 0 Å². The van der Waals surface area contributed by atoms with Gasteiger partial charge in [-0.1, -0.05) is 84.4 Å². The van der Waals surface area contributed by atoms with Gasteiger partial charge in [0, 0.05) is 31.2 Å². The maximum atomic E-state index is 13.9. The number of hydrogen-bond donors (Lipinski definition) is 1. The molecule has 0 aliphatic carbocycles. The van der Waals surface area contributed by atoms with Crippen molar-refractivity contribution in [2.75, 3.05) is 32.9 Å². The van der Waals surface area contributed by atoms with E-state index >= 15 is 0 Å². The highest BCUT2D eigenvalue weighted by Gasteiger charge is 2.32. The molecule has 2 amide bonds. The van der Waals surface area contributed by atoms with Crippen LogP contribution in [0.15, 0.2) is 114 Å². The Morgan fingerprint density at radius 2 is 1.47 bits per heavy atom. The van der Waals surface area contributed by atoms with Gasteiger partial charge in [0.1, 0.15) is 11.8 Å². The highest BCUT2D eigenvalue weighted by molar-refractivity contribution is 7.89. The third kappa shape index (κ3) is 8.49. The van der Waals surface area contributed by atoms with Crippen LogP contribution in [-0.4, -0.2) is 62.3 Å². The maximum Gasteiger partial charge on any atom is 0.261 e. The van der Waals surface area contributed by atoms with E-state index in [2.05, 4.69) is 5.32 Å².